The van der Waals surface area contributed by atoms with E-state index in [2.05, 4.69) is 0 Å². The van der Waals surface area contributed by atoms with E-state index in [4.69, 9.17) is 10.8 Å². The van der Waals surface area contributed by atoms with Crippen molar-refractivity contribution in [3.63, 3.8) is 0 Å². The average Bonchev–Trinajstić information content (AvgIpc) is 2.05. The predicted molar refractivity (Wildman–Crippen MR) is 44.6 cm³/mol. The van der Waals surface area contributed by atoms with Gasteiger partial charge in [-0.3, -0.25) is 4.79 Å². The van der Waals surface area contributed by atoms with Gasteiger partial charge in [0.05, 0.1) is 5.41 Å². The van der Waals surface area contributed by atoms with Gasteiger partial charge in [-0.2, -0.15) is 0 Å². The fourth-order valence-electron chi connectivity index (χ4n) is 2.74. The molecule has 3 saturated carbocycles. The van der Waals surface area contributed by atoms with Crippen molar-refractivity contribution < 1.29 is 9.90 Å². The maximum atomic E-state index is 11.0. The summed E-state index contributed by atoms with van der Waals surface area (Å²) in [5, 5.41) is 9.08. The standard InChI is InChI=1S/C9H15NO2/c10-7-5-9(8(11)12)3-1-6(7)2-4-9/h6-7H,1-5,10H2,(H,11,12). The van der Waals surface area contributed by atoms with Crippen molar-refractivity contribution in [2.24, 2.45) is 17.1 Å². The predicted octanol–water partition coefficient (Wildman–Crippen LogP) is 0.979. The summed E-state index contributed by atoms with van der Waals surface area (Å²) in [6.07, 6.45) is 4.44. The fraction of sp³-hybridized carbons (Fsp3) is 0.889. The zero-order valence-corrected chi connectivity index (χ0v) is 7.12. The van der Waals surface area contributed by atoms with Crippen LogP contribution in [0.5, 0.6) is 0 Å². The van der Waals surface area contributed by atoms with Crippen LogP contribution in [0.1, 0.15) is 32.1 Å². The smallest absolute Gasteiger partial charge is 0.309 e. The summed E-state index contributed by atoms with van der Waals surface area (Å²) < 4.78 is 0. The van der Waals surface area contributed by atoms with E-state index in [1.807, 2.05) is 0 Å². The highest BCUT2D eigenvalue weighted by molar-refractivity contribution is 5.75. The van der Waals surface area contributed by atoms with E-state index in [1.165, 1.54) is 0 Å². The summed E-state index contributed by atoms with van der Waals surface area (Å²) in [5.74, 6) is -0.0256. The molecule has 3 rings (SSSR count). The van der Waals surface area contributed by atoms with Crippen LogP contribution in [-0.2, 0) is 4.79 Å². The van der Waals surface area contributed by atoms with Crippen LogP contribution >= 0.6 is 0 Å². The minimum absolute atomic E-state index is 0.142. The van der Waals surface area contributed by atoms with Crippen LogP contribution in [0.3, 0.4) is 0 Å². The van der Waals surface area contributed by atoms with E-state index >= 15 is 0 Å². The van der Waals surface area contributed by atoms with Crippen LogP contribution in [0.15, 0.2) is 0 Å². The second kappa shape index (κ2) is 2.46. The second-order valence-electron chi connectivity index (χ2n) is 4.29. The molecule has 3 nitrogen and oxygen atoms in total. The zero-order chi connectivity index (χ0) is 8.77. The molecule has 0 aromatic carbocycles. The number of fused-ring (bicyclic) bond motifs is 3. The van der Waals surface area contributed by atoms with Crippen molar-refractivity contribution in [1.82, 2.24) is 0 Å². The molecule has 0 radical (unpaired) electrons. The van der Waals surface area contributed by atoms with E-state index < -0.39 is 11.4 Å². The molecular weight excluding hydrogens is 154 g/mol. The first-order valence-corrected chi connectivity index (χ1v) is 4.63. The number of rotatable bonds is 1. The lowest BCUT2D eigenvalue weighted by atomic mass is 9.59. The van der Waals surface area contributed by atoms with E-state index in [1.54, 1.807) is 0 Å². The molecule has 3 aliphatic carbocycles. The molecule has 0 aliphatic heterocycles. The lowest BCUT2D eigenvalue weighted by Gasteiger charge is -2.47. The Morgan fingerprint density at radius 2 is 2.00 bits per heavy atom. The molecule has 0 aromatic rings. The van der Waals surface area contributed by atoms with Gasteiger partial charge in [0.2, 0.25) is 0 Å². The van der Waals surface area contributed by atoms with Gasteiger partial charge in [0.1, 0.15) is 0 Å². The lowest BCUT2D eigenvalue weighted by molar-refractivity contribution is -0.156. The quantitative estimate of drug-likeness (QED) is 0.615. The van der Waals surface area contributed by atoms with Gasteiger partial charge >= 0.3 is 5.97 Å². The van der Waals surface area contributed by atoms with Crippen molar-refractivity contribution in [1.29, 1.82) is 0 Å². The average molecular weight is 169 g/mol. The SMILES string of the molecule is NC1CC2(C(=O)O)CCC1CC2. The van der Waals surface area contributed by atoms with Crippen LogP contribution in [0.4, 0.5) is 0 Å². The number of carboxylic acid groups (broad SMARTS) is 1. The molecule has 0 heterocycles. The number of carbonyl (C=O) groups is 1. The highest BCUT2D eigenvalue weighted by atomic mass is 16.4. The van der Waals surface area contributed by atoms with Gasteiger partial charge < -0.3 is 10.8 Å². The van der Waals surface area contributed by atoms with Crippen molar-refractivity contribution in [3.05, 3.63) is 0 Å². The normalized spacial score (nSPS) is 46.1. The van der Waals surface area contributed by atoms with E-state index in [0.717, 1.165) is 25.7 Å². The molecule has 0 spiro atoms. The third-order valence-corrected chi connectivity index (χ3v) is 3.67. The minimum Gasteiger partial charge on any atom is -0.481 e. The highest BCUT2D eigenvalue weighted by Crippen LogP contribution is 2.49. The maximum absolute atomic E-state index is 11.0. The van der Waals surface area contributed by atoms with Gasteiger partial charge in [0.15, 0.2) is 0 Å². The summed E-state index contributed by atoms with van der Waals surface area (Å²) in [6, 6.07) is 0.142. The first-order valence-electron chi connectivity index (χ1n) is 4.63. The van der Waals surface area contributed by atoms with Gasteiger partial charge in [-0.1, -0.05) is 0 Å². The summed E-state index contributed by atoms with van der Waals surface area (Å²) in [6.45, 7) is 0. The van der Waals surface area contributed by atoms with Crippen LogP contribution < -0.4 is 5.73 Å². The number of nitrogens with two attached hydrogens (primary N) is 1. The third kappa shape index (κ3) is 0.959. The molecule has 1 unspecified atom stereocenters. The summed E-state index contributed by atoms with van der Waals surface area (Å²) in [4.78, 5) is 11.0. The first kappa shape index (κ1) is 8.05. The summed E-state index contributed by atoms with van der Waals surface area (Å²) in [7, 11) is 0. The van der Waals surface area contributed by atoms with E-state index in [0.29, 0.717) is 12.3 Å². The second-order valence-corrected chi connectivity index (χ2v) is 4.29. The molecule has 68 valence electrons. The Balaban J connectivity index is 2.21. The third-order valence-electron chi connectivity index (χ3n) is 3.67. The molecule has 2 bridgehead atoms. The Kier molecular flexibility index (Phi) is 1.65. The Labute approximate surface area is 71.9 Å². The van der Waals surface area contributed by atoms with Gasteiger partial charge in [0.25, 0.3) is 0 Å². The van der Waals surface area contributed by atoms with Gasteiger partial charge in [-0.05, 0) is 38.0 Å². The molecule has 1 atom stereocenters. The Bertz CT molecular complexity index is 207. The molecule has 3 heteroatoms. The molecule has 3 aliphatic rings. The van der Waals surface area contributed by atoms with E-state index in [-0.39, 0.29) is 6.04 Å². The van der Waals surface area contributed by atoms with Gasteiger partial charge in [-0.15, -0.1) is 0 Å². The molecule has 0 aromatic heterocycles. The molecule has 12 heavy (non-hydrogen) atoms. The Morgan fingerprint density at radius 1 is 1.42 bits per heavy atom. The molecule has 3 fully saturated rings. The maximum Gasteiger partial charge on any atom is 0.309 e. The largest absolute Gasteiger partial charge is 0.481 e. The molecule has 3 N–H and O–H groups in total. The fourth-order valence-corrected chi connectivity index (χ4v) is 2.74. The van der Waals surface area contributed by atoms with Gasteiger partial charge in [0, 0.05) is 6.04 Å². The Hall–Kier alpha value is -0.570. The van der Waals surface area contributed by atoms with E-state index in [9.17, 15) is 4.79 Å². The van der Waals surface area contributed by atoms with Crippen LogP contribution in [0.25, 0.3) is 0 Å². The highest BCUT2D eigenvalue weighted by Gasteiger charge is 2.49. The summed E-state index contributed by atoms with van der Waals surface area (Å²) in [5.41, 5.74) is 5.43. The van der Waals surface area contributed by atoms with Crippen molar-refractivity contribution in [2.75, 3.05) is 0 Å². The zero-order valence-electron chi connectivity index (χ0n) is 7.12. The topological polar surface area (TPSA) is 63.3 Å². The van der Waals surface area contributed by atoms with Crippen molar-refractivity contribution >= 4 is 5.97 Å². The van der Waals surface area contributed by atoms with Crippen LogP contribution in [-0.4, -0.2) is 17.1 Å². The first-order chi connectivity index (χ1) is 5.64. The number of hydrogen-bond acceptors (Lipinski definition) is 2. The van der Waals surface area contributed by atoms with Gasteiger partial charge in [-0.25, -0.2) is 0 Å². The van der Waals surface area contributed by atoms with Crippen LogP contribution in [0.2, 0.25) is 0 Å². The Morgan fingerprint density at radius 3 is 2.33 bits per heavy atom. The molecule has 0 saturated heterocycles. The monoisotopic (exact) mass is 169 g/mol. The number of aliphatic carboxylic acids is 1. The lowest BCUT2D eigenvalue weighted by Crippen LogP contribution is -2.50. The van der Waals surface area contributed by atoms with Crippen molar-refractivity contribution in [3.8, 4) is 0 Å². The van der Waals surface area contributed by atoms with Crippen molar-refractivity contribution in [2.45, 2.75) is 38.1 Å². The molecule has 0 amide bonds. The summed E-state index contributed by atoms with van der Waals surface area (Å²) >= 11 is 0. The number of hydrogen-bond donors (Lipinski definition) is 2. The molecular formula is C9H15NO2. The van der Waals surface area contributed by atoms with Crippen LogP contribution in [0, 0.1) is 11.3 Å². The number of carboxylic acids is 1. The minimum atomic E-state index is -0.629.